The molecule has 0 radical (unpaired) electrons. The maximum absolute atomic E-state index is 12.9. The molecule has 20 heavy (non-hydrogen) atoms. The molecule has 0 fully saturated rings. The van der Waals surface area contributed by atoms with Crippen LogP contribution in [0, 0.1) is 12.7 Å². The van der Waals surface area contributed by atoms with Gasteiger partial charge in [0.25, 0.3) is 0 Å². The first-order valence-electron chi connectivity index (χ1n) is 6.68. The van der Waals surface area contributed by atoms with Crippen LogP contribution < -0.4 is 5.32 Å². The number of nitrogens with one attached hydrogen (secondary N) is 2. The van der Waals surface area contributed by atoms with Crippen molar-refractivity contribution in [2.45, 2.75) is 39.0 Å². The van der Waals surface area contributed by atoms with Gasteiger partial charge in [0.05, 0.1) is 12.3 Å². The lowest BCUT2D eigenvalue weighted by molar-refractivity contribution is 0.130. The summed E-state index contributed by atoms with van der Waals surface area (Å²) in [7, 11) is 0. The second kappa shape index (κ2) is 6.15. The largest absolute Gasteiger partial charge is 0.387 e. The molecule has 0 bridgehead atoms. The number of aliphatic hydroxyl groups is 1. The lowest BCUT2D eigenvalue weighted by atomic mass is 10.0. The number of rotatable bonds is 5. The molecule has 3 N–H and O–H groups in total. The minimum atomic E-state index is -0.690. The Labute approximate surface area is 118 Å². The van der Waals surface area contributed by atoms with Crippen LogP contribution in [0.1, 0.15) is 42.8 Å². The van der Waals surface area contributed by atoms with Gasteiger partial charge in [0.1, 0.15) is 5.82 Å². The second-order valence-electron chi connectivity index (χ2n) is 5.12. The summed E-state index contributed by atoms with van der Waals surface area (Å²) in [6.45, 7) is 5.88. The van der Waals surface area contributed by atoms with Crippen molar-refractivity contribution >= 4 is 0 Å². The molecular weight excluding hydrogens is 257 g/mol. The standard InChI is InChI=1S/C15H20FN3O/c1-9(14-8-17-19-10(14)2)18-11(3)15(20)12-4-6-13(16)7-5-12/h4-9,11,15,18,20H,1-3H3,(H,17,19). The van der Waals surface area contributed by atoms with Crippen molar-refractivity contribution in [1.29, 1.82) is 0 Å². The molecule has 0 aliphatic carbocycles. The number of hydrogen-bond donors (Lipinski definition) is 3. The Hall–Kier alpha value is -1.72. The van der Waals surface area contributed by atoms with E-state index in [1.807, 2.05) is 20.8 Å². The Kier molecular flexibility index (Phi) is 4.52. The van der Waals surface area contributed by atoms with E-state index < -0.39 is 6.10 Å². The maximum Gasteiger partial charge on any atom is 0.123 e. The van der Waals surface area contributed by atoms with Crippen LogP contribution >= 0.6 is 0 Å². The van der Waals surface area contributed by atoms with Gasteiger partial charge in [-0.15, -0.1) is 0 Å². The molecule has 108 valence electrons. The van der Waals surface area contributed by atoms with Gasteiger partial charge < -0.3 is 10.4 Å². The molecule has 0 spiro atoms. The van der Waals surface area contributed by atoms with E-state index in [4.69, 9.17) is 0 Å². The summed E-state index contributed by atoms with van der Waals surface area (Å²) in [5.41, 5.74) is 2.78. The first-order valence-corrected chi connectivity index (χ1v) is 6.68. The van der Waals surface area contributed by atoms with Crippen molar-refractivity contribution in [2.75, 3.05) is 0 Å². The minimum absolute atomic E-state index is 0.0684. The van der Waals surface area contributed by atoms with E-state index in [2.05, 4.69) is 15.5 Å². The summed E-state index contributed by atoms with van der Waals surface area (Å²) in [4.78, 5) is 0. The predicted octanol–water partition coefficient (Wildman–Crippen LogP) is 2.63. The first-order chi connectivity index (χ1) is 9.49. The van der Waals surface area contributed by atoms with Crippen LogP contribution in [0.5, 0.6) is 0 Å². The zero-order valence-corrected chi connectivity index (χ0v) is 11.9. The highest BCUT2D eigenvalue weighted by Gasteiger charge is 2.20. The van der Waals surface area contributed by atoms with Gasteiger partial charge in [-0.2, -0.15) is 5.10 Å². The molecule has 2 rings (SSSR count). The molecule has 1 heterocycles. The SMILES string of the molecule is Cc1[nH]ncc1C(C)NC(C)C(O)c1ccc(F)cc1. The first kappa shape index (κ1) is 14.7. The lowest BCUT2D eigenvalue weighted by Crippen LogP contribution is -2.34. The second-order valence-corrected chi connectivity index (χ2v) is 5.12. The van der Waals surface area contributed by atoms with Crippen molar-refractivity contribution in [3.8, 4) is 0 Å². The van der Waals surface area contributed by atoms with E-state index in [-0.39, 0.29) is 17.9 Å². The molecule has 0 saturated heterocycles. The number of aliphatic hydroxyl groups excluding tert-OH is 1. The molecule has 3 atom stereocenters. The molecule has 5 heteroatoms. The molecule has 0 saturated carbocycles. The highest BCUT2D eigenvalue weighted by Crippen LogP contribution is 2.21. The van der Waals surface area contributed by atoms with Crippen molar-refractivity contribution < 1.29 is 9.50 Å². The Morgan fingerprint density at radius 1 is 1.25 bits per heavy atom. The van der Waals surface area contributed by atoms with Gasteiger partial charge in [0.2, 0.25) is 0 Å². The fourth-order valence-corrected chi connectivity index (χ4v) is 2.32. The summed E-state index contributed by atoms with van der Waals surface area (Å²) in [5, 5.41) is 20.5. The summed E-state index contributed by atoms with van der Waals surface area (Å²) in [6.07, 6.45) is 1.09. The fraction of sp³-hybridized carbons (Fsp3) is 0.400. The zero-order chi connectivity index (χ0) is 14.7. The van der Waals surface area contributed by atoms with Gasteiger partial charge >= 0.3 is 0 Å². The maximum atomic E-state index is 12.9. The van der Waals surface area contributed by atoms with Gasteiger partial charge in [0.15, 0.2) is 0 Å². The summed E-state index contributed by atoms with van der Waals surface area (Å²) >= 11 is 0. The Morgan fingerprint density at radius 2 is 1.90 bits per heavy atom. The highest BCUT2D eigenvalue weighted by molar-refractivity contribution is 5.21. The number of aryl methyl sites for hydroxylation is 1. The molecule has 1 aromatic carbocycles. The van der Waals surface area contributed by atoms with Crippen LogP contribution in [0.3, 0.4) is 0 Å². The minimum Gasteiger partial charge on any atom is -0.387 e. The van der Waals surface area contributed by atoms with Crippen molar-refractivity contribution in [1.82, 2.24) is 15.5 Å². The molecule has 2 aromatic rings. The fourth-order valence-electron chi connectivity index (χ4n) is 2.32. The molecule has 3 unspecified atom stereocenters. The van der Waals surface area contributed by atoms with Gasteiger partial charge in [-0.25, -0.2) is 4.39 Å². The smallest absolute Gasteiger partial charge is 0.123 e. The van der Waals surface area contributed by atoms with Gasteiger partial charge in [-0.05, 0) is 38.5 Å². The molecular formula is C15H20FN3O. The zero-order valence-electron chi connectivity index (χ0n) is 11.9. The molecule has 0 amide bonds. The van der Waals surface area contributed by atoms with E-state index in [9.17, 15) is 9.50 Å². The van der Waals surface area contributed by atoms with E-state index in [0.717, 1.165) is 11.3 Å². The Balaban J connectivity index is 2.02. The third kappa shape index (κ3) is 3.23. The van der Waals surface area contributed by atoms with Crippen LogP contribution in [0.15, 0.2) is 30.5 Å². The van der Waals surface area contributed by atoms with E-state index in [1.165, 1.54) is 12.1 Å². The van der Waals surface area contributed by atoms with Crippen molar-refractivity contribution in [3.05, 3.63) is 53.1 Å². The third-order valence-corrected chi connectivity index (χ3v) is 3.53. The average molecular weight is 277 g/mol. The summed E-state index contributed by atoms with van der Waals surface area (Å²) in [6, 6.07) is 5.82. The average Bonchev–Trinajstić information content (AvgIpc) is 2.85. The number of hydrogen-bond acceptors (Lipinski definition) is 3. The van der Waals surface area contributed by atoms with Crippen LogP contribution in [0.2, 0.25) is 0 Å². The quantitative estimate of drug-likeness (QED) is 0.787. The van der Waals surface area contributed by atoms with Gasteiger partial charge in [-0.1, -0.05) is 12.1 Å². The molecule has 0 aliphatic heterocycles. The molecule has 4 nitrogen and oxygen atoms in total. The summed E-state index contributed by atoms with van der Waals surface area (Å²) < 4.78 is 12.9. The van der Waals surface area contributed by atoms with Crippen LogP contribution in [-0.2, 0) is 0 Å². The van der Waals surface area contributed by atoms with E-state index in [1.54, 1.807) is 18.3 Å². The number of benzene rings is 1. The molecule has 0 aliphatic rings. The van der Waals surface area contributed by atoms with E-state index in [0.29, 0.717) is 5.56 Å². The summed E-state index contributed by atoms with van der Waals surface area (Å²) in [5.74, 6) is -0.302. The molecule has 1 aromatic heterocycles. The normalized spacial score (nSPS) is 15.8. The number of aromatic amines is 1. The Bertz CT molecular complexity index is 553. The number of H-pyrrole nitrogens is 1. The number of halogens is 1. The van der Waals surface area contributed by atoms with Crippen LogP contribution in [-0.4, -0.2) is 21.3 Å². The van der Waals surface area contributed by atoms with Crippen LogP contribution in [0.4, 0.5) is 4.39 Å². The topological polar surface area (TPSA) is 60.9 Å². The lowest BCUT2D eigenvalue weighted by Gasteiger charge is -2.24. The Morgan fingerprint density at radius 3 is 2.45 bits per heavy atom. The van der Waals surface area contributed by atoms with Gasteiger partial charge in [-0.3, -0.25) is 5.10 Å². The monoisotopic (exact) mass is 277 g/mol. The number of aromatic nitrogens is 2. The van der Waals surface area contributed by atoms with Crippen molar-refractivity contribution in [3.63, 3.8) is 0 Å². The van der Waals surface area contributed by atoms with Gasteiger partial charge in [0, 0.05) is 23.3 Å². The highest BCUT2D eigenvalue weighted by atomic mass is 19.1. The van der Waals surface area contributed by atoms with E-state index >= 15 is 0 Å². The predicted molar refractivity (Wildman–Crippen MR) is 75.7 cm³/mol. The van der Waals surface area contributed by atoms with Crippen LogP contribution in [0.25, 0.3) is 0 Å². The third-order valence-electron chi connectivity index (χ3n) is 3.53. The number of nitrogens with zero attached hydrogens (tertiary/aromatic N) is 1. The van der Waals surface area contributed by atoms with Crippen molar-refractivity contribution in [2.24, 2.45) is 0 Å².